The number of hydrogen-bond donors (Lipinski definition) is 1. The fourth-order valence-electron chi connectivity index (χ4n) is 2.54. The lowest BCUT2D eigenvalue weighted by Gasteiger charge is -2.23. The number of nitrogens with zero attached hydrogens (tertiary/aromatic N) is 2. The Morgan fingerprint density at radius 1 is 1.29 bits per heavy atom. The molecule has 1 heterocycles. The van der Waals surface area contributed by atoms with Gasteiger partial charge in [-0.15, -0.1) is 0 Å². The van der Waals surface area contributed by atoms with Crippen molar-refractivity contribution in [3.8, 4) is 0 Å². The predicted molar refractivity (Wildman–Crippen MR) is 80.1 cm³/mol. The highest BCUT2D eigenvalue weighted by Gasteiger charge is 2.18. The Bertz CT molecular complexity index is 511. The number of hydrogen-bond acceptors (Lipinski definition) is 3. The summed E-state index contributed by atoms with van der Waals surface area (Å²) >= 11 is 0. The van der Waals surface area contributed by atoms with Gasteiger partial charge in [-0.1, -0.05) is 25.0 Å². The summed E-state index contributed by atoms with van der Waals surface area (Å²) in [6.07, 6.45) is 4.42. The molecule has 1 aliphatic rings. The molecule has 0 aromatic heterocycles. The molecule has 0 radical (unpaired) electrons. The molecular weight excluding hydrogens is 270 g/mol. The lowest BCUT2D eigenvalue weighted by atomic mass is 10.1. The molecule has 114 valence electrons. The van der Waals surface area contributed by atoms with Crippen LogP contribution in [0.25, 0.3) is 0 Å². The van der Waals surface area contributed by atoms with E-state index < -0.39 is 4.92 Å². The Labute approximate surface area is 124 Å². The van der Waals surface area contributed by atoms with E-state index in [2.05, 4.69) is 5.32 Å². The Hall–Kier alpha value is -2.11. The van der Waals surface area contributed by atoms with E-state index in [-0.39, 0.29) is 17.8 Å². The van der Waals surface area contributed by atoms with Gasteiger partial charge in [-0.05, 0) is 25.3 Å². The summed E-state index contributed by atoms with van der Waals surface area (Å²) in [5.74, 6) is 0. The van der Waals surface area contributed by atoms with Crippen LogP contribution in [0, 0.1) is 10.1 Å². The van der Waals surface area contributed by atoms with Crippen molar-refractivity contribution < 1.29 is 9.72 Å². The van der Waals surface area contributed by atoms with Gasteiger partial charge < -0.3 is 10.2 Å². The van der Waals surface area contributed by atoms with Crippen molar-refractivity contribution in [2.45, 2.75) is 38.6 Å². The van der Waals surface area contributed by atoms with Gasteiger partial charge in [0.1, 0.15) is 0 Å². The van der Waals surface area contributed by atoms with Gasteiger partial charge >= 0.3 is 6.03 Å². The molecule has 2 amide bonds. The standard InChI is InChI=1S/C15H21N3O3/c1-12(13-7-6-8-14(11-13)18(20)21)16-15(19)17-9-4-2-3-5-10-17/h6-8,11-12H,2-5,9-10H2,1H3,(H,16,19)/t12-/m1/s1. The number of carbonyl (C=O) groups is 1. The topological polar surface area (TPSA) is 75.5 Å². The lowest BCUT2D eigenvalue weighted by molar-refractivity contribution is -0.384. The van der Waals surface area contributed by atoms with Gasteiger partial charge in [0.05, 0.1) is 11.0 Å². The van der Waals surface area contributed by atoms with Crippen molar-refractivity contribution >= 4 is 11.7 Å². The third-order valence-corrected chi connectivity index (χ3v) is 3.81. The third kappa shape index (κ3) is 4.18. The molecule has 1 N–H and O–H groups in total. The molecule has 1 aliphatic heterocycles. The predicted octanol–water partition coefficient (Wildman–Crippen LogP) is 3.24. The summed E-state index contributed by atoms with van der Waals surface area (Å²) < 4.78 is 0. The van der Waals surface area contributed by atoms with Crippen LogP contribution in [0.15, 0.2) is 24.3 Å². The molecular formula is C15H21N3O3. The van der Waals surface area contributed by atoms with Crippen LogP contribution >= 0.6 is 0 Å². The van der Waals surface area contributed by atoms with Crippen LogP contribution in [0.4, 0.5) is 10.5 Å². The minimum atomic E-state index is -0.424. The largest absolute Gasteiger partial charge is 0.331 e. The summed E-state index contributed by atoms with van der Waals surface area (Å²) in [6.45, 7) is 3.41. The van der Waals surface area contributed by atoms with Crippen molar-refractivity contribution in [3.63, 3.8) is 0 Å². The first-order valence-electron chi connectivity index (χ1n) is 7.38. The Kier molecular flexibility index (Phi) is 5.14. The number of nitro benzene ring substituents is 1. The van der Waals surface area contributed by atoms with E-state index in [9.17, 15) is 14.9 Å². The van der Waals surface area contributed by atoms with Crippen LogP contribution in [0.1, 0.15) is 44.2 Å². The smallest absolute Gasteiger partial charge is 0.317 e. The summed E-state index contributed by atoms with van der Waals surface area (Å²) in [7, 11) is 0. The van der Waals surface area contributed by atoms with Crippen molar-refractivity contribution in [1.82, 2.24) is 10.2 Å². The molecule has 0 unspecified atom stereocenters. The number of non-ortho nitro benzene ring substituents is 1. The van der Waals surface area contributed by atoms with Gasteiger partial charge in [-0.3, -0.25) is 10.1 Å². The van der Waals surface area contributed by atoms with E-state index in [0.717, 1.165) is 31.5 Å². The monoisotopic (exact) mass is 291 g/mol. The molecule has 1 aromatic rings. The van der Waals surface area contributed by atoms with Gasteiger partial charge in [0.25, 0.3) is 5.69 Å². The van der Waals surface area contributed by atoms with Crippen molar-refractivity contribution in [2.75, 3.05) is 13.1 Å². The minimum absolute atomic E-state index is 0.0448. The van der Waals surface area contributed by atoms with Crippen LogP contribution in [-0.4, -0.2) is 28.9 Å². The maximum absolute atomic E-state index is 12.2. The maximum Gasteiger partial charge on any atom is 0.317 e. The van der Waals surface area contributed by atoms with E-state index >= 15 is 0 Å². The highest BCUT2D eigenvalue weighted by atomic mass is 16.6. The van der Waals surface area contributed by atoms with E-state index in [4.69, 9.17) is 0 Å². The molecule has 6 nitrogen and oxygen atoms in total. The summed E-state index contributed by atoms with van der Waals surface area (Å²) in [4.78, 5) is 24.4. The molecule has 1 fully saturated rings. The Balaban J connectivity index is 1.99. The minimum Gasteiger partial charge on any atom is -0.331 e. The second-order valence-electron chi connectivity index (χ2n) is 5.42. The molecule has 1 aromatic carbocycles. The van der Waals surface area contributed by atoms with Crippen LogP contribution in [0.5, 0.6) is 0 Å². The molecule has 6 heteroatoms. The normalized spacial score (nSPS) is 16.9. The average molecular weight is 291 g/mol. The zero-order valence-corrected chi connectivity index (χ0v) is 12.2. The molecule has 1 saturated heterocycles. The molecule has 21 heavy (non-hydrogen) atoms. The quantitative estimate of drug-likeness (QED) is 0.686. The van der Waals surface area contributed by atoms with Gasteiger partial charge in [0.2, 0.25) is 0 Å². The van der Waals surface area contributed by atoms with E-state index in [1.54, 1.807) is 12.1 Å². The van der Waals surface area contributed by atoms with E-state index in [0.29, 0.717) is 0 Å². The van der Waals surface area contributed by atoms with Crippen molar-refractivity contribution in [1.29, 1.82) is 0 Å². The van der Waals surface area contributed by atoms with E-state index in [1.165, 1.54) is 25.0 Å². The van der Waals surface area contributed by atoms with Crippen molar-refractivity contribution in [2.24, 2.45) is 0 Å². The van der Waals surface area contributed by atoms with Gasteiger partial charge in [-0.25, -0.2) is 4.79 Å². The Morgan fingerprint density at radius 3 is 2.57 bits per heavy atom. The highest BCUT2D eigenvalue weighted by molar-refractivity contribution is 5.74. The molecule has 0 spiro atoms. The number of nitrogens with one attached hydrogen (secondary N) is 1. The maximum atomic E-state index is 12.2. The van der Waals surface area contributed by atoms with Crippen LogP contribution in [0.3, 0.4) is 0 Å². The first-order chi connectivity index (χ1) is 10.1. The SMILES string of the molecule is C[C@@H](NC(=O)N1CCCCCC1)c1cccc([N+](=O)[O-])c1. The second kappa shape index (κ2) is 7.06. The van der Waals surface area contributed by atoms with E-state index in [1.807, 2.05) is 11.8 Å². The van der Waals surface area contributed by atoms with Crippen LogP contribution in [-0.2, 0) is 0 Å². The summed E-state index contributed by atoms with van der Waals surface area (Å²) in [5.41, 5.74) is 0.788. The Morgan fingerprint density at radius 2 is 1.95 bits per heavy atom. The lowest BCUT2D eigenvalue weighted by Crippen LogP contribution is -2.41. The summed E-state index contributed by atoms with van der Waals surface area (Å²) in [6, 6.07) is 6.05. The first-order valence-corrected chi connectivity index (χ1v) is 7.38. The number of rotatable bonds is 3. The van der Waals surface area contributed by atoms with Crippen LogP contribution < -0.4 is 5.32 Å². The third-order valence-electron chi connectivity index (χ3n) is 3.81. The molecule has 0 bridgehead atoms. The number of urea groups is 1. The average Bonchev–Trinajstić information content (AvgIpc) is 2.76. The molecule has 0 aliphatic carbocycles. The molecule has 1 atom stereocenters. The zero-order valence-electron chi connectivity index (χ0n) is 12.2. The zero-order chi connectivity index (χ0) is 15.2. The number of carbonyl (C=O) groups excluding carboxylic acids is 1. The number of nitro groups is 1. The summed E-state index contributed by atoms with van der Waals surface area (Å²) in [5, 5.41) is 13.7. The van der Waals surface area contributed by atoms with Crippen molar-refractivity contribution in [3.05, 3.63) is 39.9 Å². The van der Waals surface area contributed by atoms with Gasteiger partial charge in [-0.2, -0.15) is 0 Å². The molecule has 0 saturated carbocycles. The first kappa shape index (κ1) is 15.3. The second-order valence-corrected chi connectivity index (χ2v) is 5.42. The highest BCUT2D eigenvalue weighted by Crippen LogP contribution is 2.19. The van der Waals surface area contributed by atoms with Gasteiger partial charge in [0.15, 0.2) is 0 Å². The number of likely N-dealkylation sites (tertiary alicyclic amines) is 1. The molecule has 2 rings (SSSR count). The number of benzene rings is 1. The number of amides is 2. The fraction of sp³-hybridized carbons (Fsp3) is 0.533. The van der Waals surface area contributed by atoms with Crippen LogP contribution in [0.2, 0.25) is 0 Å². The fourth-order valence-corrected chi connectivity index (χ4v) is 2.54. The van der Waals surface area contributed by atoms with Gasteiger partial charge in [0, 0.05) is 25.2 Å².